The lowest BCUT2D eigenvalue weighted by Crippen LogP contribution is -2.51. The van der Waals surface area contributed by atoms with Crippen LogP contribution < -0.4 is 0 Å². The highest BCUT2D eigenvalue weighted by atomic mass is 35.5. The van der Waals surface area contributed by atoms with Crippen molar-refractivity contribution in [1.82, 2.24) is 29.4 Å². The molecule has 0 radical (unpaired) electrons. The maximum Gasteiger partial charge on any atom is 0.243 e. The van der Waals surface area contributed by atoms with Gasteiger partial charge in [-0.05, 0) is 71.3 Å². The summed E-state index contributed by atoms with van der Waals surface area (Å²) in [6, 6.07) is 23.3. The van der Waals surface area contributed by atoms with Gasteiger partial charge in [-0.3, -0.25) is 14.5 Å². The number of sulfonamides is 1. The van der Waals surface area contributed by atoms with Gasteiger partial charge >= 0.3 is 0 Å². The molecule has 2 aliphatic rings. The van der Waals surface area contributed by atoms with E-state index >= 15 is 0 Å². The first-order valence-corrected chi connectivity index (χ1v) is 16.7. The van der Waals surface area contributed by atoms with Crippen molar-refractivity contribution in [3.63, 3.8) is 0 Å². The molecule has 0 amide bonds. The molecule has 12 heteroatoms. The summed E-state index contributed by atoms with van der Waals surface area (Å²) in [4.78, 5) is 30.0. The van der Waals surface area contributed by atoms with Crippen molar-refractivity contribution in [2.75, 3.05) is 26.2 Å². The summed E-state index contributed by atoms with van der Waals surface area (Å²) in [6.07, 6.45) is 6.02. The Morgan fingerprint density at radius 1 is 0.889 bits per heavy atom. The largest absolute Gasteiger partial charge is 0.299 e. The third-order valence-corrected chi connectivity index (χ3v) is 10.9. The molecule has 1 saturated heterocycles. The number of aromatic nitrogens is 4. The molecule has 4 aromatic rings. The van der Waals surface area contributed by atoms with E-state index in [2.05, 4.69) is 20.4 Å². The maximum absolute atomic E-state index is 13.8. The van der Waals surface area contributed by atoms with Gasteiger partial charge in [0, 0.05) is 61.1 Å². The molecule has 45 heavy (non-hydrogen) atoms. The molecule has 1 unspecified atom stereocenters. The predicted molar refractivity (Wildman–Crippen MR) is 170 cm³/mol. The number of halogens is 1. The minimum Gasteiger partial charge on any atom is -0.299 e. The topological polar surface area (TPSA) is 118 Å². The Morgan fingerprint density at radius 2 is 1.58 bits per heavy atom. The summed E-state index contributed by atoms with van der Waals surface area (Å²) >= 11 is 6.27. The van der Waals surface area contributed by atoms with Crippen LogP contribution in [-0.4, -0.2) is 81.6 Å². The first kappa shape index (κ1) is 31.0. The summed E-state index contributed by atoms with van der Waals surface area (Å²) in [5.74, 6) is -1.03. The van der Waals surface area contributed by atoms with Crippen molar-refractivity contribution in [3.8, 4) is 5.69 Å². The minimum atomic E-state index is -3.58. The first-order valence-electron chi connectivity index (χ1n) is 14.9. The fourth-order valence-electron chi connectivity index (χ4n) is 6.39. The number of carbonyl (C=O) groups excluding carboxylic acids is 2. The number of piperazine rings is 1. The summed E-state index contributed by atoms with van der Waals surface area (Å²) in [6.45, 7) is 1.77. The number of ketones is 2. The number of rotatable bonds is 10. The van der Waals surface area contributed by atoms with Gasteiger partial charge in [0.2, 0.25) is 10.0 Å². The van der Waals surface area contributed by atoms with Crippen LogP contribution in [-0.2, 0) is 26.0 Å². The lowest BCUT2D eigenvalue weighted by atomic mass is 9.86. The molecule has 3 atom stereocenters. The van der Waals surface area contributed by atoms with Crippen molar-refractivity contribution in [3.05, 3.63) is 107 Å². The number of nitrogens with zero attached hydrogens (tertiary/aromatic N) is 6. The Hall–Kier alpha value is -4.03. The zero-order valence-corrected chi connectivity index (χ0v) is 26.1. The SMILES string of the molecule is O=C(/C=C/c1cc(Cl)ccc1-n1cnnn1)C1C[C@@H](N2CCN(S(=O)(=O)c3ccccc3)CC2)C[C@H]1C(=O)Cc1ccccc1. The maximum atomic E-state index is 13.8. The van der Waals surface area contributed by atoms with E-state index in [0.717, 1.165) is 5.56 Å². The summed E-state index contributed by atoms with van der Waals surface area (Å²) in [5.41, 5.74) is 2.25. The number of hydrogen-bond donors (Lipinski definition) is 0. The Kier molecular flexibility index (Phi) is 9.32. The lowest BCUT2D eigenvalue weighted by molar-refractivity contribution is -0.128. The zero-order chi connectivity index (χ0) is 31.4. The molecule has 1 aliphatic carbocycles. The van der Waals surface area contributed by atoms with Gasteiger partial charge in [0.1, 0.15) is 12.1 Å². The molecule has 2 heterocycles. The van der Waals surface area contributed by atoms with Crippen LogP contribution in [0.25, 0.3) is 11.8 Å². The summed E-state index contributed by atoms with van der Waals surface area (Å²) in [5, 5.41) is 11.9. The highest BCUT2D eigenvalue weighted by molar-refractivity contribution is 7.89. The molecule has 1 aliphatic heterocycles. The molecular formula is C33H33ClN6O4S. The van der Waals surface area contributed by atoms with E-state index in [1.54, 1.807) is 54.6 Å². The Bertz CT molecular complexity index is 1780. The van der Waals surface area contributed by atoms with Crippen LogP contribution in [0.15, 0.2) is 96.2 Å². The van der Waals surface area contributed by atoms with E-state index in [1.807, 2.05) is 30.3 Å². The average molecular weight is 645 g/mol. The second-order valence-corrected chi connectivity index (χ2v) is 13.8. The van der Waals surface area contributed by atoms with Crippen LogP contribution in [0.2, 0.25) is 5.02 Å². The average Bonchev–Trinajstić information content (AvgIpc) is 3.76. The molecule has 6 rings (SSSR count). The van der Waals surface area contributed by atoms with Gasteiger partial charge in [0.15, 0.2) is 5.78 Å². The normalized spacial score (nSPS) is 21.3. The molecule has 2 fully saturated rings. The Labute approximate surface area is 267 Å². The molecule has 1 saturated carbocycles. The summed E-state index contributed by atoms with van der Waals surface area (Å²) in [7, 11) is -3.58. The fourth-order valence-corrected chi connectivity index (χ4v) is 8.02. The third kappa shape index (κ3) is 6.96. The van der Waals surface area contributed by atoms with Crippen LogP contribution in [0.3, 0.4) is 0 Å². The predicted octanol–water partition coefficient (Wildman–Crippen LogP) is 4.11. The van der Waals surface area contributed by atoms with E-state index < -0.39 is 21.9 Å². The second-order valence-electron chi connectivity index (χ2n) is 11.4. The number of benzene rings is 3. The Morgan fingerprint density at radius 3 is 2.27 bits per heavy atom. The standard InChI is InChI=1S/C33H33ClN6O4S/c34-26-12-13-31(40-23-35-36-37-40)25(20-26)11-14-32(41)29-21-27(22-30(29)33(42)19-24-7-3-1-4-8-24)38-15-17-39(18-16-38)45(43,44)28-9-5-2-6-10-28/h1-14,20,23,27,29-30H,15-19,21-22H2/b14-11+/t27-,29?,30-/m1/s1. The van der Waals surface area contributed by atoms with Crippen LogP contribution in [0, 0.1) is 11.8 Å². The van der Waals surface area contributed by atoms with E-state index in [-0.39, 0.29) is 28.9 Å². The highest BCUT2D eigenvalue weighted by Crippen LogP contribution is 2.38. The minimum absolute atomic E-state index is 0.0124. The molecule has 232 valence electrons. The first-order chi connectivity index (χ1) is 21.8. The van der Waals surface area contributed by atoms with Crippen LogP contribution in [0.4, 0.5) is 0 Å². The number of hydrogen-bond acceptors (Lipinski definition) is 8. The van der Waals surface area contributed by atoms with Gasteiger partial charge in [-0.15, -0.1) is 5.10 Å². The molecule has 0 spiro atoms. The molecular weight excluding hydrogens is 612 g/mol. The quantitative estimate of drug-likeness (QED) is 0.237. The number of carbonyl (C=O) groups is 2. The van der Waals surface area contributed by atoms with Crippen molar-refractivity contribution in [2.24, 2.45) is 11.8 Å². The zero-order valence-electron chi connectivity index (χ0n) is 24.5. The van der Waals surface area contributed by atoms with Crippen LogP contribution in [0.1, 0.15) is 24.0 Å². The van der Waals surface area contributed by atoms with E-state index in [4.69, 9.17) is 11.6 Å². The van der Waals surface area contributed by atoms with Crippen molar-refractivity contribution in [1.29, 1.82) is 0 Å². The van der Waals surface area contributed by atoms with Crippen LogP contribution >= 0.6 is 11.6 Å². The molecule has 0 bridgehead atoms. The molecule has 10 nitrogen and oxygen atoms in total. The lowest BCUT2D eigenvalue weighted by Gasteiger charge is -2.37. The van der Waals surface area contributed by atoms with E-state index in [1.165, 1.54) is 21.4 Å². The number of Topliss-reactive ketones (excluding diaryl/α,β-unsaturated/α-hetero) is 1. The monoisotopic (exact) mass is 644 g/mol. The fraction of sp³-hybridized carbons (Fsp3) is 0.303. The van der Waals surface area contributed by atoms with Gasteiger partial charge in [-0.1, -0.05) is 60.1 Å². The summed E-state index contributed by atoms with van der Waals surface area (Å²) < 4.78 is 29.4. The van der Waals surface area contributed by atoms with Crippen molar-refractivity contribution < 1.29 is 18.0 Å². The van der Waals surface area contributed by atoms with Gasteiger partial charge in [0.05, 0.1) is 10.6 Å². The number of tetrazole rings is 1. The Balaban J connectivity index is 1.20. The third-order valence-electron chi connectivity index (χ3n) is 8.72. The molecule has 3 aromatic carbocycles. The van der Waals surface area contributed by atoms with E-state index in [9.17, 15) is 18.0 Å². The number of allylic oxidation sites excluding steroid dienone is 1. The molecule has 1 aromatic heterocycles. The molecule has 0 N–H and O–H groups in total. The van der Waals surface area contributed by atoms with Crippen molar-refractivity contribution >= 4 is 39.3 Å². The second kappa shape index (κ2) is 13.5. The van der Waals surface area contributed by atoms with Crippen LogP contribution in [0.5, 0.6) is 0 Å². The highest BCUT2D eigenvalue weighted by Gasteiger charge is 2.44. The van der Waals surface area contributed by atoms with Gasteiger partial charge in [-0.25, -0.2) is 8.42 Å². The van der Waals surface area contributed by atoms with Gasteiger partial charge in [0.25, 0.3) is 0 Å². The van der Waals surface area contributed by atoms with Gasteiger partial charge < -0.3 is 0 Å². The van der Waals surface area contributed by atoms with Gasteiger partial charge in [-0.2, -0.15) is 8.99 Å². The van der Waals surface area contributed by atoms with Crippen molar-refractivity contribution in [2.45, 2.75) is 30.2 Å². The smallest absolute Gasteiger partial charge is 0.243 e. The van der Waals surface area contributed by atoms with E-state index in [0.29, 0.717) is 55.3 Å².